The van der Waals surface area contributed by atoms with Crippen molar-refractivity contribution >= 4 is 17.7 Å². The number of hydrogen-bond donors (Lipinski definition) is 4. The van der Waals surface area contributed by atoms with Gasteiger partial charge < -0.3 is 20.8 Å². The molecule has 6 heteroatoms. The molecular formula is C15H20N2O4. The molecule has 4 N–H and O–H groups in total. The normalized spacial score (nSPS) is 14.9. The number of amides is 2. The van der Waals surface area contributed by atoms with Crippen LogP contribution in [0.25, 0.3) is 0 Å². The molecule has 0 bridgehead atoms. The Hall–Kier alpha value is -2.08. The van der Waals surface area contributed by atoms with Crippen molar-refractivity contribution in [2.24, 2.45) is 0 Å². The summed E-state index contributed by atoms with van der Waals surface area (Å²) in [4.78, 5) is 22.9. The average Bonchev–Trinajstić information content (AvgIpc) is 2.47. The molecule has 0 saturated heterocycles. The van der Waals surface area contributed by atoms with E-state index in [0.29, 0.717) is 0 Å². The fourth-order valence-electron chi connectivity index (χ4n) is 2.60. The van der Waals surface area contributed by atoms with E-state index < -0.39 is 18.0 Å². The van der Waals surface area contributed by atoms with Gasteiger partial charge in [-0.15, -0.1) is 0 Å². The van der Waals surface area contributed by atoms with Crippen molar-refractivity contribution in [3.05, 3.63) is 29.3 Å². The first-order chi connectivity index (χ1) is 10.1. The molecule has 21 heavy (non-hydrogen) atoms. The summed E-state index contributed by atoms with van der Waals surface area (Å²) in [5.41, 5.74) is 3.11. The Morgan fingerprint density at radius 2 is 2.00 bits per heavy atom. The summed E-state index contributed by atoms with van der Waals surface area (Å²) in [5.74, 6) is -1.16. The number of benzene rings is 1. The lowest BCUT2D eigenvalue weighted by molar-refractivity contribution is -0.139. The van der Waals surface area contributed by atoms with Crippen molar-refractivity contribution in [2.45, 2.75) is 38.1 Å². The van der Waals surface area contributed by atoms with Gasteiger partial charge in [0.2, 0.25) is 0 Å². The van der Waals surface area contributed by atoms with Gasteiger partial charge in [0.25, 0.3) is 0 Å². The molecule has 0 heterocycles. The third-order valence-corrected chi connectivity index (χ3v) is 3.67. The number of anilines is 1. The van der Waals surface area contributed by atoms with E-state index >= 15 is 0 Å². The third kappa shape index (κ3) is 3.95. The van der Waals surface area contributed by atoms with Gasteiger partial charge in [-0.2, -0.15) is 0 Å². The van der Waals surface area contributed by atoms with Crippen LogP contribution in [0.15, 0.2) is 18.2 Å². The van der Waals surface area contributed by atoms with Crippen LogP contribution in [-0.2, 0) is 17.6 Å². The number of carbonyl (C=O) groups is 2. The molecule has 1 aromatic rings. The molecule has 0 spiro atoms. The van der Waals surface area contributed by atoms with Crippen molar-refractivity contribution in [3.63, 3.8) is 0 Å². The van der Waals surface area contributed by atoms with E-state index in [1.54, 1.807) is 0 Å². The number of rotatable bonds is 5. The topological polar surface area (TPSA) is 98.7 Å². The van der Waals surface area contributed by atoms with E-state index in [9.17, 15) is 9.59 Å². The predicted octanol–water partition coefficient (Wildman–Crippen LogP) is 1.52. The fourth-order valence-corrected chi connectivity index (χ4v) is 2.60. The molecule has 1 aliphatic rings. The molecule has 1 aliphatic carbocycles. The number of aliphatic hydroxyl groups is 1. The standard InChI is InChI=1S/C15H20N2O4/c18-9-8-13(14(19)20)17-15(21)16-12-7-3-5-10-4-1-2-6-11(10)12/h3,5,7,13,18H,1-2,4,6,8-9H2,(H,19,20)(H2,16,17,21)/t13-/m1/s1. The molecule has 0 unspecified atom stereocenters. The van der Waals surface area contributed by atoms with Crippen LogP contribution >= 0.6 is 0 Å². The quantitative estimate of drug-likeness (QED) is 0.661. The van der Waals surface area contributed by atoms with Crippen molar-refractivity contribution in [1.82, 2.24) is 5.32 Å². The van der Waals surface area contributed by atoms with Crippen LogP contribution in [0.1, 0.15) is 30.4 Å². The number of aliphatic hydroxyl groups excluding tert-OH is 1. The van der Waals surface area contributed by atoms with Gasteiger partial charge in [-0.25, -0.2) is 9.59 Å². The zero-order valence-electron chi connectivity index (χ0n) is 11.8. The average molecular weight is 292 g/mol. The molecular weight excluding hydrogens is 272 g/mol. The van der Waals surface area contributed by atoms with Crippen LogP contribution in [-0.4, -0.2) is 34.9 Å². The lowest BCUT2D eigenvalue weighted by Crippen LogP contribution is -2.43. The Morgan fingerprint density at radius 3 is 2.71 bits per heavy atom. The SMILES string of the molecule is O=C(Nc1cccc2c1CCCC2)N[C@H](CCO)C(=O)O. The molecule has 2 rings (SSSR count). The molecule has 0 saturated carbocycles. The van der Waals surface area contributed by atoms with Gasteiger partial charge >= 0.3 is 12.0 Å². The zero-order chi connectivity index (χ0) is 15.2. The van der Waals surface area contributed by atoms with Crippen LogP contribution in [0.2, 0.25) is 0 Å². The largest absolute Gasteiger partial charge is 0.480 e. The lowest BCUT2D eigenvalue weighted by atomic mass is 9.90. The van der Waals surface area contributed by atoms with Gasteiger partial charge in [0, 0.05) is 18.7 Å². The summed E-state index contributed by atoms with van der Waals surface area (Å²) in [6, 6.07) is 4.13. The summed E-state index contributed by atoms with van der Waals surface area (Å²) >= 11 is 0. The Morgan fingerprint density at radius 1 is 1.24 bits per heavy atom. The summed E-state index contributed by atoms with van der Waals surface area (Å²) in [6.45, 7) is -0.294. The van der Waals surface area contributed by atoms with Crippen LogP contribution in [0.3, 0.4) is 0 Å². The van der Waals surface area contributed by atoms with E-state index in [0.717, 1.165) is 36.9 Å². The van der Waals surface area contributed by atoms with Gasteiger partial charge in [-0.05, 0) is 42.9 Å². The molecule has 0 fully saturated rings. The van der Waals surface area contributed by atoms with Crippen LogP contribution < -0.4 is 10.6 Å². The minimum Gasteiger partial charge on any atom is -0.480 e. The Labute approximate surface area is 123 Å². The molecule has 0 radical (unpaired) electrons. The Kier molecular flexibility index (Phi) is 5.16. The highest BCUT2D eigenvalue weighted by Crippen LogP contribution is 2.27. The smallest absolute Gasteiger partial charge is 0.326 e. The summed E-state index contributed by atoms with van der Waals surface area (Å²) in [5, 5.41) is 22.9. The zero-order valence-corrected chi connectivity index (χ0v) is 11.8. The van der Waals surface area contributed by atoms with Gasteiger partial charge in [-0.3, -0.25) is 0 Å². The minimum absolute atomic E-state index is 0.0182. The van der Waals surface area contributed by atoms with E-state index in [1.807, 2.05) is 12.1 Å². The molecule has 6 nitrogen and oxygen atoms in total. The summed E-state index contributed by atoms with van der Waals surface area (Å²) in [7, 11) is 0. The fraction of sp³-hybridized carbons (Fsp3) is 0.467. The highest BCUT2D eigenvalue weighted by molar-refractivity contribution is 5.93. The first-order valence-electron chi connectivity index (χ1n) is 7.13. The summed E-state index contributed by atoms with van der Waals surface area (Å²) < 4.78 is 0. The predicted molar refractivity (Wildman–Crippen MR) is 78.4 cm³/mol. The molecule has 1 aromatic carbocycles. The molecule has 1 atom stereocenters. The first kappa shape index (κ1) is 15.3. The van der Waals surface area contributed by atoms with Crippen LogP contribution in [0, 0.1) is 0 Å². The van der Waals surface area contributed by atoms with Gasteiger partial charge in [0.15, 0.2) is 0 Å². The number of urea groups is 1. The van der Waals surface area contributed by atoms with Gasteiger partial charge in [-0.1, -0.05) is 12.1 Å². The maximum absolute atomic E-state index is 11.9. The number of carboxylic acids is 1. The van der Waals surface area contributed by atoms with Crippen molar-refractivity contribution in [1.29, 1.82) is 0 Å². The number of fused-ring (bicyclic) bond motifs is 1. The maximum atomic E-state index is 11.9. The highest BCUT2D eigenvalue weighted by atomic mass is 16.4. The Bertz CT molecular complexity index is 530. The minimum atomic E-state index is -1.16. The number of carbonyl (C=O) groups excluding carboxylic acids is 1. The molecule has 0 aliphatic heterocycles. The van der Waals surface area contributed by atoms with E-state index in [1.165, 1.54) is 5.56 Å². The van der Waals surface area contributed by atoms with Crippen LogP contribution in [0.5, 0.6) is 0 Å². The molecule has 2 amide bonds. The number of nitrogens with one attached hydrogen (secondary N) is 2. The lowest BCUT2D eigenvalue weighted by Gasteiger charge is -2.20. The first-order valence-corrected chi connectivity index (χ1v) is 7.13. The third-order valence-electron chi connectivity index (χ3n) is 3.67. The second kappa shape index (κ2) is 7.08. The second-order valence-corrected chi connectivity index (χ2v) is 5.15. The van der Waals surface area contributed by atoms with Crippen molar-refractivity contribution in [2.75, 3.05) is 11.9 Å². The number of aliphatic carboxylic acids is 1. The molecule has 0 aromatic heterocycles. The second-order valence-electron chi connectivity index (χ2n) is 5.15. The van der Waals surface area contributed by atoms with Crippen molar-refractivity contribution < 1.29 is 19.8 Å². The summed E-state index contributed by atoms with van der Waals surface area (Å²) in [6.07, 6.45) is 4.16. The number of aryl methyl sites for hydroxylation is 1. The maximum Gasteiger partial charge on any atom is 0.326 e. The monoisotopic (exact) mass is 292 g/mol. The highest BCUT2D eigenvalue weighted by Gasteiger charge is 2.20. The van der Waals surface area contributed by atoms with E-state index in [-0.39, 0.29) is 13.0 Å². The van der Waals surface area contributed by atoms with Crippen molar-refractivity contribution in [3.8, 4) is 0 Å². The Balaban J connectivity index is 2.04. The van der Waals surface area contributed by atoms with Gasteiger partial charge in [0.05, 0.1) is 0 Å². The van der Waals surface area contributed by atoms with Gasteiger partial charge in [0.1, 0.15) is 6.04 Å². The van der Waals surface area contributed by atoms with E-state index in [2.05, 4.69) is 16.7 Å². The number of hydrogen-bond acceptors (Lipinski definition) is 3. The van der Waals surface area contributed by atoms with Crippen LogP contribution in [0.4, 0.5) is 10.5 Å². The molecule has 114 valence electrons. The number of carboxylic acid groups (broad SMARTS) is 1. The van der Waals surface area contributed by atoms with E-state index in [4.69, 9.17) is 10.2 Å².